The number of fused-ring (bicyclic) bond motifs is 7. The van der Waals surface area contributed by atoms with Crippen molar-refractivity contribution in [2.45, 2.75) is 37.5 Å². The third-order valence-corrected chi connectivity index (χ3v) is 13.6. The largest absolute Gasteiger partial charge is 0.310 e. The van der Waals surface area contributed by atoms with Gasteiger partial charge in [0.25, 0.3) is 0 Å². The van der Waals surface area contributed by atoms with Gasteiger partial charge in [0.15, 0.2) is 0 Å². The molecule has 282 valence electrons. The second kappa shape index (κ2) is 13.9. The van der Waals surface area contributed by atoms with Crippen molar-refractivity contribution in [2.24, 2.45) is 0 Å². The first-order valence-electron chi connectivity index (χ1n) is 21.1. The van der Waals surface area contributed by atoms with E-state index in [4.69, 9.17) is 0 Å². The predicted octanol–water partition coefficient (Wildman–Crippen LogP) is 15.4. The van der Waals surface area contributed by atoms with Gasteiger partial charge in [0, 0.05) is 22.5 Å². The van der Waals surface area contributed by atoms with Gasteiger partial charge in [0.1, 0.15) is 0 Å². The van der Waals surface area contributed by atoms with Crippen LogP contribution in [0.25, 0.3) is 44.2 Å². The smallest absolute Gasteiger partial charge is 0.0714 e. The van der Waals surface area contributed by atoms with Crippen LogP contribution < -0.4 is 4.90 Å². The molecule has 0 aromatic heterocycles. The van der Waals surface area contributed by atoms with Crippen LogP contribution in [0.3, 0.4) is 0 Å². The van der Waals surface area contributed by atoms with Crippen LogP contribution in [-0.4, -0.2) is 0 Å². The van der Waals surface area contributed by atoms with Crippen LogP contribution >= 0.6 is 0 Å². The third kappa shape index (κ3) is 5.24. The van der Waals surface area contributed by atoms with E-state index in [0.717, 1.165) is 29.9 Å². The summed E-state index contributed by atoms with van der Waals surface area (Å²) in [5.41, 5.74) is 18.6. The van der Waals surface area contributed by atoms with Crippen molar-refractivity contribution < 1.29 is 0 Å². The second-order valence-corrected chi connectivity index (χ2v) is 16.3. The van der Waals surface area contributed by atoms with Crippen molar-refractivity contribution >= 4 is 27.8 Å². The molecule has 0 atom stereocenters. The molecule has 11 rings (SSSR count). The van der Waals surface area contributed by atoms with Crippen LogP contribution in [0.4, 0.5) is 17.1 Å². The summed E-state index contributed by atoms with van der Waals surface area (Å²) in [6.07, 6.45) is 2.10. The van der Waals surface area contributed by atoms with Crippen LogP contribution in [0.15, 0.2) is 212 Å². The molecule has 2 aliphatic rings. The zero-order valence-corrected chi connectivity index (χ0v) is 33.6. The average molecular weight is 756 g/mol. The van der Waals surface area contributed by atoms with E-state index in [9.17, 15) is 0 Å². The number of rotatable bonds is 8. The summed E-state index contributed by atoms with van der Waals surface area (Å²) in [5.74, 6) is 0. The van der Waals surface area contributed by atoms with Crippen molar-refractivity contribution in [3.8, 4) is 33.4 Å². The van der Waals surface area contributed by atoms with Crippen LogP contribution in [0, 0.1) is 0 Å². The van der Waals surface area contributed by atoms with Gasteiger partial charge in [-0.1, -0.05) is 178 Å². The normalized spacial score (nSPS) is 14.0. The summed E-state index contributed by atoms with van der Waals surface area (Å²) in [4.78, 5) is 2.50. The molecular weight excluding hydrogens is 711 g/mol. The molecule has 0 aliphatic heterocycles. The molecule has 2 aliphatic carbocycles. The highest BCUT2D eigenvalue weighted by atomic mass is 15.1. The molecule has 0 heterocycles. The molecule has 9 aromatic rings. The lowest BCUT2D eigenvalue weighted by molar-refractivity contribution is 0.491. The minimum Gasteiger partial charge on any atom is -0.310 e. The molecule has 0 unspecified atom stereocenters. The Kier molecular flexibility index (Phi) is 8.27. The molecule has 59 heavy (non-hydrogen) atoms. The molecule has 0 bridgehead atoms. The van der Waals surface area contributed by atoms with Gasteiger partial charge < -0.3 is 4.90 Å². The molecule has 0 radical (unpaired) electrons. The van der Waals surface area contributed by atoms with Crippen molar-refractivity contribution in [1.82, 2.24) is 0 Å². The van der Waals surface area contributed by atoms with Gasteiger partial charge >= 0.3 is 0 Å². The summed E-state index contributed by atoms with van der Waals surface area (Å²) in [7, 11) is 0. The summed E-state index contributed by atoms with van der Waals surface area (Å²) in [6.45, 7) is 4.72. The van der Waals surface area contributed by atoms with Crippen molar-refractivity contribution in [3.63, 3.8) is 0 Å². The predicted molar refractivity (Wildman–Crippen MR) is 248 cm³/mol. The van der Waals surface area contributed by atoms with E-state index in [1.807, 2.05) is 0 Å². The molecule has 0 amide bonds. The zero-order valence-electron chi connectivity index (χ0n) is 33.6. The van der Waals surface area contributed by atoms with Crippen LogP contribution in [0.2, 0.25) is 0 Å². The summed E-state index contributed by atoms with van der Waals surface area (Å²) in [5, 5.41) is 2.60. The molecule has 0 fully saturated rings. The Bertz CT molecular complexity index is 2970. The highest BCUT2D eigenvalue weighted by molar-refractivity contribution is 5.96. The summed E-state index contributed by atoms with van der Waals surface area (Å²) >= 11 is 0. The SMILES string of the molecule is CCC1(CC)c2ccc(N(c3cccc(-c4ccccc4)c3)c3ccc4c(c3)C(c3ccccc3)(c3ccccc3)c3ccccc3-4)cc2-c2cc3ccccc3cc21. The average Bonchev–Trinajstić information content (AvgIpc) is 3.76. The van der Waals surface area contributed by atoms with E-state index in [-0.39, 0.29) is 5.41 Å². The summed E-state index contributed by atoms with van der Waals surface area (Å²) in [6, 6.07) is 79.3. The number of nitrogens with zero attached hydrogens (tertiary/aromatic N) is 1. The van der Waals surface area contributed by atoms with Gasteiger partial charge in [-0.3, -0.25) is 0 Å². The van der Waals surface area contributed by atoms with E-state index in [1.165, 1.54) is 77.5 Å². The molecule has 1 nitrogen and oxygen atoms in total. The van der Waals surface area contributed by atoms with Crippen molar-refractivity contribution in [3.05, 3.63) is 246 Å². The Hall–Kier alpha value is -6.96. The molecule has 0 saturated carbocycles. The lowest BCUT2D eigenvalue weighted by Crippen LogP contribution is -2.28. The van der Waals surface area contributed by atoms with E-state index < -0.39 is 5.41 Å². The Morgan fingerprint density at radius 2 is 0.881 bits per heavy atom. The number of benzene rings is 9. The maximum absolute atomic E-state index is 2.50. The maximum Gasteiger partial charge on any atom is 0.0714 e. The van der Waals surface area contributed by atoms with E-state index in [0.29, 0.717) is 0 Å². The van der Waals surface area contributed by atoms with Crippen LogP contribution in [-0.2, 0) is 10.8 Å². The number of anilines is 3. The molecule has 0 saturated heterocycles. The van der Waals surface area contributed by atoms with E-state index >= 15 is 0 Å². The minimum atomic E-state index is -0.498. The quantitative estimate of drug-likeness (QED) is 0.149. The van der Waals surface area contributed by atoms with Gasteiger partial charge in [-0.05, 0) is 139 Å². The molecular formula is C58H45N. The number of hydrogen-bond acceptors (Lipinski definition) is 1. The van der Waals surface area contributed by atoms with Gasteiger partial charge in [-0.25, -0.2) is 0 Å². The third-order valence-electron chi connectivity index (χ3n) is 13.6. The fourth-order valence-electron chi connectivity index (χ4n) is 10.8. The first kappa shape index (κ1) is 35.2. The van der Waals surface area contributed by atoms with Crippen molar-refractivity contribution in [2.75, 3.05) is 4.90 Å². The van der Waals surface area contributed by atoms with Crippen LogP contribution in [0.5, 0.6) is 0 Å². The molecule has 0 N–H and O–H groups in total. The maximum atomic E-state index is 2.50. The Morgan fingerprint density at radius 3 is 1.59 bits per heavy atom. The van der Waals surface area contributed by atoms with Crippen molar-refractivity contribution in [1.29, 1.82) is 0 Å². The van der Waals surface area contributed by atoms with E-state index in [2.05, 4.69) is 231 Å². The van der Waals surface area contributed by atoms with Crippen LogP contribution in [0.1, 0.15) is 60.1 Å². The monoisotopic (exact) mass is 755 g/mol. The zero-order chi connectivity index (χ0) is 39.6. The van der Waals surface area contributed by atoms with Gasteiger partial charge in [-0.15, -0.1) is 0 Å². The van der Waals surface area contributed by atoms with Gasteiger partial charge in [0.2, 0.25) is 0 Å². The summed E-state index contributed by atoms with van der Waals surface area (Å²) < 4.78 is 0. The van der Waals surface area contributed by atoms with Gasteiger partial charge in [-0.2, -0.15) is 0 Å². The fraction of sp³-hybridized carbons (Fsp3) is 0.103. The Labute approximate surface area is 347 Å². The molecule has 9 aromatic carbocycles. The van der Waals surface area contributed by atoms with Gasteiger partial charge in [0.05, 0.1) is 5.41 Å². The number of hydrogen-bond donors (Lipinski definition) is 0. The standard InChI is InChI=1S/C58H45N/c1-3-57(4-2)53-34-32-47(38-52(53)51-36-42-21-14-15-22-43(42)37-55(51)57)59(46-28-18-23-41(35-46)40-19-8-5-9-20-40)48-31-33-50-49-29-16-17-30-54(49)58(56(50)39-48,44-24-10-6-11-25-44)45-26-12-7-13-27-45/h5-39H,3-4H2,1-2H3. The second-order valence-electron chi connectivity index (χ2n) is 16.3. The van der Waals surface area contributed by atoms with E-state index in [1.54, 1.807) is 0 Å². The highest BCUT2D eigenvalue weighted by Crippen LogP contribution is 2.58. The highest BCUT2D eigenvalue weighted by Gasteiger charge is 2.46. The fourth-order valence-corrected chi connectivity index (χ4v) is 10.8. The first-order valence-corrected chi connectivity index (χ1v) is 21.1. The minimum absolute atomic E-state index is 0.0321. The topological polar surface area (TPSA) is 3.24 Å². The lowest BCUT2D eigenvalue weighted by atomic mass is 9.67. The molecule has 1 heteroatoms. The first-order chi connectivity index (χ1) is 29.1. The lowest BCUT2D eigenvalue weighted by Gasteiger charge is -2.35. The molecule has 0 spiro atoms. The Morgan fingerprint density at radius 1 is 0.339 bits per heavy atom. The Balaban J connectivity index is 1.18.